The van der Waals surface area contributed by atoms with E-state index in [4.69, 9.17) is 0 Å². The Hall–Kier alpha value is -1.85. The lowest BCUT2D eigenvalue weighted by Crippen LogP contribution is -2.05. The normalized spacial score (nSPS) is 10.1. The molecular weight excluding hydrogens is 208 g/mol. The summed E-state index contributed by atoms with van der Waals surface area (Å²) in [5.41, 5.74) is 0.604. The molecule has 1 aromatic heterocycles. The summed E-state index contributed by atoms with van der Waals surface area (Å²) in [4.78, 5) is 10.6. The van der Waals surface area contributed by atoms with Crippen LogP contribution in [0, 0.1) is 10.1 Å². The molecule has 6 heteroatoms. The van der Waals surface area contributed by atoms with E-state index in [1.807, 2.05) is 6.92 Å². The van der Waals surface area contributed by atoms with Gasteiger partial charge in [0.2, 0.25) is 5.82 Å². The van der Waals surface area contributed by atoms with Crippen molar-refractivity contribution in [3.63, 3.8) is 0 Å². The van der Waals surface area contributed by atoms with Crippen molar-refractivity contribution >= 4 is 11.5 Å². The molecule has 0 aliphatic rings. The smallest absolute Gasteiger partial charge is 0.333 e. The Labute approximate surface area is 94.1 Å². The lowest BCUT2D eigenvalue weighted by atomic mass is 10.2. The maximum Gasteiger partial charge on any atom is 0.333 e. The second-order valence-electron chi connectivity index (χ2n) is 3.44. The summed E-state index contributed by atoms with van der Waals surface area (Å²) in [6.07, 6.45) is 3.09. The molecule has 1 rings (SSSR count). The van der Waals surface area contributed by atoms with Gasteiger partial charge in [0.25, 0.3) is 0 Å². The van der Waals surface area contributed by atoms with E-state index in [-0.39, 0.29) is 10.6 Å². The third-order valence-corrected chi connectivity index (χ3v) is 2.18. The molecule has 0 spiro atoms. The SMILES string of the molecule is C=CCNc1c([N+](=O)[O-])c(CCC)nn1C. The summed E-state index contributed by atoms with van der Waals surface area (Å²) in [6, 6.07) is 0. The fourth-order valence-corrected chi connectivity index (χ4v) is 1.53. The average molecular weight is 224 g/mol. The van der Waals surface area contributed by atoms with Crippen molar-refractivity contribution in [2.45, 2.75) is 19.8 Å². The van der Waals surface area contributed by atoms with E-state index in [0.717, 1.165) is 6.42 Å². The summed E-state index contributed by atoms with van der Waals surface area (Å²) < 4.78 is 1.51. The van der Waals surface area contributed by atoms with E-state index >= 15 is 0 Å². The van der Waals surface area contributed by atoms with Crippen molar-refractivity contribution in [2.24, 2.45) is 7.05 Å². The van der Waals surface area contributed by atoms with Crippen LogP contribution < -0.4 is 5.32 Å². The minimum atomic E-state index is -0.386. The maximum absolute atomic E-state index is 11.0. The van der Waals surface area contributed by atoms with Crippen LogP contribution in [0.4, 0.5) is 11.5 Å². The molecule has 0 aliphatic carbocycles. The van der Waals surface area contributed by atoms with Gasteiger partial charge in [-0.2, -0.15) is 5.10 Å². The van der Waals surface area contributed by atoms with Gasteiger partial charge < -0.3 is 5.32 Å². The molecule has 1 N–H and O–H groups in total. The van der Waals surface area contributed by atoms with Crippen LogP contribution in [0.5, 0.6) is 0 Å². The largest absolute Gasteiger partial charge is 0.361 e. The first-order valence-electron chi connectivity index (χ1n) is 5.16. The molecule has 16 heavy (non-hydrogen) atoms. The van der Waals surface area contributed by atoms with Crippen molar-refractivity contribution in [2.75, 3.05) is 11.9 Å². The van der Waals surface area contributed by atoms with Crippen LogP contribution in [-0.4, -0.2) is 21.2 Å². The molecule has 88 valence electrons. The van der Waals surface area contributed by atoms with Crippen LogP contribution in [-0.2, 0) is 13.5 Å². The van der Waals surface area contributed by atoms with Crippen molar-refractivity contribution in [3.8, 4) is 0 Å². The monoisotopic (exact) mass is 224 g/mol. The number of hydrogen-bond donors (Lipinski definition) is 1. The molecule has 0 fully saturated rings. The summed E-state index contributed by atoms with van der Waals surface area (Å²) in [7, 11) is 1.69. The quantitative estimate of drug-likeness (QED) is 0.455. The van der Waals surface area contributed by atoms with Crippen molar-refractivity contribution in [1.82, 2.24) is 9.78 Å². The number of rotatable bonds is 6. The van der Waals surface area contributed by atoms with Crippen molar-refractivity contribution < 1.29 is 4.92 Å². The Kier molecular flexibility index (Phi) is 4.04. The summed E-state index contributed by atoms with van der Waals surface area (Å²) in [5.74, 6) is 0.438. The van der Waals surface area contributed by atoms with Crippen LogP contribution in [0.25, 0.3) is 0 Å². The molecule has 0 saturated carbocycles. The van der Waals surface area contributed by atoms with Crippen LogP contribution in [0.1, 0.15) is 19.0 Å². The van der Waals surface area contributed by atoms with E-state index in [1.165, 1.54) is 4.68 Å². The van der Waals surface area contributed by atoms with Gasteiger partial charge in [0.15, 0.2) is 0 Å². The Balaban J connectivity index is 3.12. The molecule has 0 aromatic carbocycles. The number of nitrogens with zero attached hydrogens (tertiary/aromatic N) is 3. The highest BCUT2D eigenvalue weighted by Gasteiger charge is 2.25. The predicted molar refractivity (Wildman–Crippen MR) is 62.5 cm³/mol. The fraction of sp³-hybridized carbons (Fsp3) is 0.500. The molecular formula is C10H16N4O2. The number of nitrogens with one attached hydrogen (secondary N) is 1. The molecule has 0 saturated heterocycles. The second kappa shape index (κ2) is 5.29. The summed E-state index contributed by atoms with van der Waals surface area (Å²) >= 11 is 0. The van der Waals surface area contributed by atoms with E-state index in [1.54, 1.807) is 13.1 Å². The minimum absolute atomic E-state index is 0.0752. The predicted octanol–water partition coefficient (Wildman–Crippen LogP) is 1.88. The Morgan fingerprint density at radius 2 is 2.38 bits per heavy atom. The van der Waals surface area contributed by atoms with Gasteiger partial charge in [0, 0.05) is 13.6 Å². The Bertz CT molecular complexity index is 398. The molecule has 6 nitrogen and oxygen atoms in total. The van der Waals surface area contributed by atoms with E-state index < -0.39 is 0 Å². The van der Waals surface area contributed by atoms with Gasteiger partial charge in [-0.1, -0.05) is 19.4 Å². The molecule has 0 bridgehead atoms. The first-order valence-corrected chi connectivity index (χ1v) is 5.16. The summed E-state index contributed by atoms with van der Waals surface area (Å²) in [6.45, 7) is 6.01. The number of hydrogen-bond acceptors (Lipinski definition) is 4. The van der Waals surface area contributed by atoms with Crippen molar-refractivity contribution in [1.29, 1.82) is 0 Å². The minimum Gasteiger partial charge on any atom is -0.361 e. The first kappa shape index (κ1) is 12.2. The third-order valence-electron chi connectivity index (χ3n) is 2.18. The van der Waals surface area contributed by atoms with Crippen molar-refractivity contribution in [3.05, 3.63) is 28.5 Å². The Morgan fingerprint density at radius 1 is 1.69 bits per heavy atom. The number of aromatic nitrogens is 2. The number of aryl methyl sites for hydroxylation is 2. The van der Waals surface area contributed by atoms with Gasteiger partial charge >= 0.3 is 5.69 Å². The molecule has 0 radical (unpaired) electrons. The van der Waals surface area contributed by atoms with Gasteiger partial charge in [-0.15, -0.1) is 6.58 Å². The first-order chi connectivity index (χ1) is 7.61. The zero-order valence-electron chi connectivity index (χ0n) is 9.56. The fourth-order valence-electron chi connectivity index (χ4n) is 1.53. The van der Waals surface area contributed by atoms with Gasteiger partial charge in [-0.25, -0.2) is 4.68 Å². The zero-order chi connectivity index (χ0) is 12.1. The maximum atomic E-state index is 11.0. The zero-order valence-corrected chi connectivity index (χ0v) is 9.56. The van der Waals surface area contributed by atoms with E-state index in [0.29, 0.717) is 24.5 Å². The lowest BCUT2D eigenvalue weighted by molar-refractivity contribution is -0.384. The lowest BCUT2D eigenvalue weighted by Gasteiger charge is -2.01. The third kappa shape index (κ3) is 2.39. The molecule has 0 atom stereocenters. The number of nitro groups is 1. The number of anilines is 1. The van der Waals surface area contributed by atoms with Gasteiger partial charge in [0.1, 0.15) is 5.69 Å². The van der Waals surface area contributed by atoms with Crippen LogP contribution in [0.3, 0.4) is 0 Å². The van der Waals surface area contributed by atoms with E-state index in [2.05, 4.69) is 17.0 Å². The van der Waals surface area contributed by atoms with Gasteiger partial charge in [-0.05, 0) is 6.42 Å². The standard InChI is InChI=1S/C10H16N4O2/c1-4-6-8-9(14(15)16)10(11-7-5-2)13(3)12-8/h5,11H,2,4,6-7H2,1,3H3. The van der Waals surface area contributed by atoms with Crippen LogP contribution >= 0.6 is 0 Å². The molecule has 1 heterocycles. The second-order valence-corrected chi connectivity index (χ2v) is 3.44. The average Bonchev–Trinajstić information content (AvgIpc) is 2.52. The van der Waals surface area contributed by atoms with Crippen LogP contribution in [0.2, 0.25) is 0 Å². The van der Waals surface area contributed by atoms with Gasteiger partial charge in [0.05, 0.1) is 4.92 Å². The highest BCUT2D eigenvalue weighted by Crippen LogP contribution is 2.28. The van der Waals surface area contributed by atoms with Crippen LogP contribution in [0.15, 0.2) is 12.7 Å². The summed E-state index contributed by atoms with van der Waals surface area (Å²) in [5, 5.41) is 18.1. The molecule has 1 aromatic rings. The molecule has 0 aliphatic heterocycles. The van der Waals surface area contributed by atoms with E-state index in [9.17, 15) is 10.1 Å². The highest BCUT2D eigenvalue weighted by molar-refractivity contribution is 5.60. The van der Waals surface area contributed by atoms with Gasteiger partial charge in [-0.3, -0.25) is 10.1 Å². The topological polar surface area (TPSA) is 73.0 Å². The molecule has 0 amide bonds. The molecule has 0 unspecified atom stereocenters. The Morgan fingerprint density at radius 3 is 2.88 bits per heavy atom. The highest BCUT2D eigenvalue weighted by atomic mass is 16.6.